The highest BCUT2D eigenvalue weighted by Crippen LogP contribution is 2.62. The van der Waals surface area contributed by atoms with Gasteiger partial charge in [0.05, 0.1) is 6.04 Å². The highest BCUT2D eigenvalue weighted by molar-refractivity contribution is 6.30. The zero-order valence-corrected chi connectivity index (χ0v) is 14.5. The Bertz CT molecular complexity index is 701. The molecule has 0 aliphatic heterocycles. The van der Waals surface area contributed by atoms with Crippen molar-refractivity contribution < 1.29 is 4.79 Å². The highest BCUT2D eigenvalue weighted by Gasteiger charge is 2.59. The van der Waals surface area contributed by atoms with Gasteiger partial charge < -0.3 is 5.32 Å². The lowest BCUT2D eigenvalue weighted by atomic mass is 9.99. The van der Waals surface area contributed by atoms with Crippen LogP contribution in [0, 0.1) is 17.8 Å². The summed E-state index contributed by atoms with van der Waals surface area (Å²) in [7, 11) is 0. The Labute approximate surface area is 147 Å². The number of halogens is 1. The predicted molar refractivity (Wildman–Crippen MR) is 94.0 cm³/mol. The molecule has 0 radical (unpaired) electrons. The average molecular weight is 344 g/mol. The van der Waals surface area contributed by atoms with Gasteiger partial charge >= 0.3 is 0 Å². The molecule has 2 saturated carbocycles. The third-order valence-electron chi connectivity index (χ3n) is 5.71. The maximum absolute atomic E-state index is 12.5. The summed E-state index contributed by atoms with van der Waals surface area (Å²) in [6.45, 7) is 2.16. The summed E-state index contributed by atoms with van der Waals surface area (Å²) in [4.78, 5) is 12.5. The smallest absolute Gasteiger partial charge is 0.251 e. The van der Waals surface area contributed by atoms with E-state index in [1.165, 1.54) is 12.8 Å². The molecule has 0 bridgehead atoms. The first kappa shape index (κ1) is 15.7. The van der Waals surface area contributed by atoms with E-state index in [1.807, 2.05) is 12.3 Å². The molecule has 126 valence electrons. The first-order valence-corrected chi connectivity index (χ1v) is 9.10. The van der Waals surface area contributed by atoms with Crippen molar-refractivity contribution in [3.8, 4) is 0 Å². The van der Waals surface area contributed by atoms with Crippen LogP contribution in [-0.4, -0.2) is 21.7 Å². The van der Waals surface area contributed by atoms with E-state index in [2.05, 4.69) is 28.2 Å². The maximum Gasteiger partial charge on any atom is 0.251 e. The molecule has 24 heavy (non-hydrogen) atoms. The van der Waals surface area contributed by atoms with Gasteiger partial charge in [-0.3, -0.25) is 9.48 Å². The van der Waals surface area contributed by atoms with E-state index in [0.29, 0.717) is 22.5 Å². The number of amides is 1. The van der Waals surface area contributed by atoms with Crippen molar-refractivity contribution >= 4 is 17.5 Å². The number of fused-ring (bicyclic) bond motifs is 1. The Morgan fingerprint density at radius 1 is 1.33 bits per heavy atom. The van der Waals surface area contributed by atoms with Crippen LogP contribution in [0.3, 0.4) is 0 Å². The van der Waals surface area contributed by atoms with Gasteiger partial charge in [0.1, 0.15) is 0 Å². The topological polar surface area (TPSA) is 46.9 Å². The number of nitrogens with one attached hydrogen (secondary N) is 1. The summed E-state index contributed by atoms with van der Waals surface area (Å²) in [5.41, 5.74) is 0.679. The van der Waals surface area contributed by atoms with Crippen molar-refractivity contribution in [2.45, 2.75) is 38.3 Å². The van der Waals surface area contributed by atoms with Crippen molar-refractivity contribution in [3.05, 3.63) is 53.3 Å². The molecule has 4 nitrogen and oxygen atoms in total. The number of carbonyl (C=O) groups is 1. The molecule has 1 N–H and O–H groups in total. The molecule has 1 heterocycles. The minimum absolute atomic E-state index is 0.00659. The molecule has 5 heteroatoms. The van der Waals surface area contributed by atoms with E-state index < -0.39 is 0 Å². The molecular formula is C19H22ClN3O. The Morgan fingerprint density at radius 2 is 2.04 bits per heavy atom. The second-order valence-electron chi connectivity index (χ2n) is 7.01. The molecule has 0 unspecified atom stereocenters. The number of carbonyl (C=O) groups excluding carboxylic acids is 1. The molecule has 5 atom stereocenters. The Kier molecular flexibility index (Phi) is 4.09. The van der Waals surface area contributed by atoms with Gasteiger partial charge in [0.25, 0.3) is 5.91 Å². The zero-order valence-electron chi connectivity index (χ0n) is 13.7. The van der Waals surface area contributed by atoms with Crippen LogP contribution in [-0.2, 0) is 0 Å². The normalized spacial score (nSPS) is 29.1. The van der Waals surface area contributed by atoms with Gasteiger partial charge in [-0.15, -0.1) is 0 Å². The van der Waals surface area contributed by atoms with Gasteiger partial charge in [0.2, 0.25) is 0 Å². The third-order valence-corrected chi connectivity index (χ3v) is 5.96. The molecule has 1 aromatic carbocycles. The second kappa shape index (κ2) is 6.25. The molecule has 0 saturated heterocycles. The molecule has 2 aliphatic carbocycles. The SMILES string of the molecule is CC[C@@H](NC(=O)c1ccc(Cl)cc1)[C@H]1[C@@H]2C[C@@H](n3cccn3)C[C@@H]21. The summed E-state index contributed by atoms with van der Waals surface area (Å²) in [6.07, 6.45) is 7.25. The van der Waals surface area contributed by atoms with Crippen LogP contribution in [0.2, 0.25) is 5.02 Å². The fourth-order valence-electron chi connectivity index (χ4n) is 4.50. The molecular weight excluding hydrogens is 322 g/mol. The Hall–Kier alpha value is -1.81. The number of rotatable bonds is 5. The quantitative estimate of drug-likeness (QED) is 0.893. The van der Waals surface area contributed by atoms with E-state index in [0.717, 1.165) is 18.3 Å². The summed E-state index contributed by atoms with van der Waals surface area (Å²) < 4.78 is 2.09. The largest absolute Gasteiger partial charge is 0.349 e. The first-order valence-electron chi connectivity index (χ1n) is 8.73. The first-order chi connectivity index (χ1) is 11.7. The highest BCUT2D eigenvalue weighted by atomic mass is 35.5. The van der Waals surface area contributed by atoms with E-state index in [1.54, 1.807) is 24.3 Å². The van der Waals surface area contributed by atoms with E-state index in [-0.39, 0.29) is 11.9 Å². The fraction of sp³-hybridized carbons (Fsp3) is 0.474. The van der Waals surface area contributed by atoms with Gasteiger partial charge in [-0.25, -0.2) is 0 Å². The molecule has 2 aliphatic rings. The molecule has 1 amide bonds. The van der Waals surface area contributed by atoms with Crippen LogP contribution in [0.25, 0.3) is 0 Å². The van der Waals surface area contributed by atoms with Crippen LogP contribution in [0.15, 0.2) is 42.7 Å². The number of aromatic nitrogens is 2. The van der Waals surface area contributed by atoms with Crippen molar-refractivity contribution in [1.29, 1.82) is 0 Å². The van der Waals surface area contributed by atoms with Crippen LogP contribution in [0.4, 0.5) is 0 Å². The molecule has 2 aromatic rings. The van der Waals surface area contributed by atoms with E-state index in [9.17, 15) is 4.79 Å². The van der Waals surface area contributed by atoms with Gasteiger partial charge in [-0.2, -0.15) is 5.10 Å². The summed E-state index contributed by atoms with van der Waals surface area (Å²) in [5.74, 6) is 2.09. The standard InChI is InChI=1S/C19H22ClN3O/c1-2-17(22-19(24)12-4-6-13(20)7-5-12)18-15-10-14(11-16(15)18)23-9-3-8-21-23/h3-9,14-18H,2,10-11H2,1H3,(H,22,24)/t14-,15-,16+,17-,18+/m1/s1. The minimum atomic E-state index is 0.00659. The fourth-order valence-corrected chi connectivity index (χ4v) is 4.62. The monoisotopic (exact) mass is 343 g/mol. The minimum Gasteiger partial charge on any atom is -0.349 e. The van der Waals surface area contributed by atoms with Gasteiger partial charge in [0, 0.05) is 29.0 Å². The maximum atomic E-state index is 12.5. The summed E-state index contributed by atoms with van der Waals surface area (Å²) in [6, 6.07) is 9.88. The Morgan fingerprint density at radius 3 is 2.62 bits per heavy atom. The van der Waals surface area contributed by atoms with Gasteiger partial charge in [-0.1, -0.05) is 18.5 Å². The van der Waals surface area contributed by atoms with E-state index in [4.69, 9.17) is 11.6 Å². The lowest BCUT2D eigenvalue weighted by molar-refractivity contribution is 0.0926. The summed E-state index contributed by atoms with van der Waals surface area (Å²) in [5, 5.41) is 8.27. The number of hydrogen-bond donors (Lipinski definition) is 1. The number of hydrogen-bond acceptors (Lipinski definition) is 2. The van der Waals surface area contributed by atoms with Crippen LogP contribution in [0.5, 0.6) is 0 Å². The predicted octanol–water partition coefficient (Wildman–Crippen LogP) is 3.94. The van der Waals surface area contributed by atoms with Crippen LogP contribution in [0.1, 0.15) is 42.6 Å². The molecule has 4 rings (SSSR count). The molecule has 0 spiro atoms. The number of benzene rings is 1. The Balaban J connectivity index is 1.36. The molecule has 2 fully saturated rings. The van der Waals surface area contributed by atoms with E-state index >= 15 is 0 Å². The van der Waals surface area contributed by atoms with Crippen molar-refractivity contribution in [2.24, 2.45) is 17.8 Å². The summed E-state index contributed by atoms with van der Waals surface area (Å²) >= 11 is 5.89. The average Bonchev–Trinajstić information content (AvgIpc) is 3.02. The van der Waals surface area contributed by atoms with Crippen molar-refractivity contribution in [2.75, 3.05) is 0 Å². The van der Waals surface area contributed by atoms with Crippen molar-refractivity contribution in [3.63, 3.8) is 0 Å². The van der Waals surface area contributed by atoms with Crippen LogP contribution >= 0.6 is 11.6 Å². The van der Waals surface area contributed by atoms with Gasteiger partial charge in [0.15, 0.2) is 0 Å². The second-order valence-corrected chi connectivity index (χ2v) is 7.45. The lowest BCUT2D eigenvalue weighted by Gasteiger charge is -2.21. The number of nitrogens with zero attached hydrogens (tertiary/aromatic N) is 2. The van der Waals surface area contributed by atoms with Crippen molar-refractivity contribution in [1.82, 2.24) is 15.1 Å². The lowest BCUT2D eigenvalue weighted by Crippen LogP contribution is -2.37. The third kappa shape index (κ3) is 2.84. The zero-order chi connectivity index (χ0) is 16.7. The van der Waals surface area contributed by atoms with Gasteiger partial charge in [-0.05, 0) is 67.3 Å². The molecule has 1 aromatic heterocycles. The van der Waals surface area contributed by atoms with Crippen LogP contribution < -0.4 is 5.32 Å².